The SMILES string of the molecule is Cc1c([C@H](O)CN)oc2c(C)cccc12. The lowest BCUT2D eigenvalue weighted by molar-refractivity contribution is 0.159. The molecule has 0 aliphatic carbocycles. The Kier molecular flexibility index (Phi) is 2.50. The Bertz CT molecular complexity index is 488. The number of hydrogen-bond acceptors (Lipinski definition) is 3. The number of fused-ring (bicyclic) bond motifs is 1. The summed E-state index contributed by atoms with van der Waals surface area (Å²) in [5.74, 6) is 0.585. The Balaban J connectivity index is 2.69. The summed E-state index contributed by atoms with van der Waals surface area (Å²) in [4.78, 5) is 0. The van der Waals surface area contributed by atoms with Gasteiger partial charge in [-0.3, -0.25) is 0 Å². The van der Waals surface area contributed by atoms with Gasteiger partial charge in [-0.2, -0.15) is 0 Å². The Morgan fingerprint density at radius 3 is 2.73 bits per heavy atom. The molecule has 1 aromatic carbocycles. The van der Waals surface area contributed by atoms with E-state index in [4.69, 9.17) is 10.2 Å². The number of rotatable bonds is 2. The van der Waals surface area contributed by atoms with E-state index in [0.29, 0.717) is 5.76 Å². The highest BCUT2D eigenvalue weighted by Gasteiger charge is 2.17. The second-order valence-electron chi connectivity index (χ2n) is 3.79. The van der Waals surface area contributed by atoms with Gasteiger partial charge in [-0.05, 0) is 19.4 Å². The molecule has 1 aromatic heterocycles. The predicted octanol–water partition coefficient (Wildman–Crippen LogP) is 2.04. The lowest BCUT2D eigenvalue weighted by Crippen LogP contribution is -2.11. The van der Waals surface area contributed by atoms with Gasteiger partial charge in [-0.25, -0.2) is 0 Å². The van der Waals surface area contributed by atoms with Gasteiger partial charge in [-0.15, -0.1) is 0 Å². The molecule has 1 atom stereocenters. The zero-order chi connectivity index (χ0) is 11.0. The highest BCUT2D eigenvalue weighted by molar-refractivity contribution is 5.84. The van der Waals surface area contributed by atoms with Crippen molar-refractivity contribution in [3.63, 3.8) is 0 Å². The molecule has 80 valence electrons. The Labute approximate surface area is 88.5 Å². The molecule has 0 bridgehead atoms. The van der Waals surface area contributed by atoms with Crippen molar-refractivity contribution in [2.45, 2.75) is 20.0 Å². The largest absolute Gasteiger partial charge is 0.458 e. The lowest BCUT2D eigenvalue weighted by Gasteiger charge is -2.03. The number of benzene rings is 1. The summed E-state index contributed by atoms with van der Waals surface area (Å²) in [6.07, 6.45) is -0.711. The van der Waals surface area contributed by atoms with Gasteiger partial charge in [0.2, 0.25) is 0 Å². The highest BCUT2D eigenvalue weighted by Crippen LogP contribution is 2.30. The van der Waals surface area contributed by atoms with E-state index in [1.807, 2.05) is 32.0 Å². The molecule has 0 amide bonds. The van der Waals surface area contributed by atoms with Crippen LogP contribution in [0.2, 0.25) is 0 Å². The van der Waals surface area contributed by atoms with Crippen molar-refractivity contribution in [3.05, 3.63) is 35.1 Å². The molecule has 2 aromatic rings. The summed E-state index contributed by atoms with van der Waals surface area (Å²) in [5, 5.41) is 10.7. The van der Waals surface area contributed by atoms with Crippen LogP contribution in [0.25, 0.3) is 11.0 Å². The van der Waals surface area contributed by atoms with Crippen molar-refractivity contribution < 1.29 is 9.52 Å². The number of hydrogen-bond donors (Lipinski definition) is 2. The Hall–Kier alpha value is -1.32. The molecule has 3 N–H and O–H groups in total. The van der Waals surface area contributed by atoms with Crippen LogP contribution in [-0.2, 0) is 0 Å². The molecule has 0 saturated heterocycles. The number of furan rings is 1. The second kappa shape index (κ2) is 3.68. The van der Waals surface area contributed by atoms with Crippen LogP contribution < -0.4 is 5.73 Å². The smallest absolute Gasteiger partial charge is 0.138 e. The third-order valence-electron chi connectivity index (χ3n) is 2.72. The number of aliphatic hydroxyl groups excluding tert-OH is 1. The van der Waals surface area contributed by atoms with Crippen LogP contribution in [0.5, 0.6) is 0 Å². The molecule has 2 rings (SSSR count). The van der Waals surface area contributed by atoms with Gasteiger partial charge in [0.1, 0.15) is 17.4 Å². The van der Waals surface area contributed by atoms with Gasteiger partial charge in [0.15, 0.2) is 0 Å². The first-order valence-corrected chi connectivity index (χ1v) is 5.02. The summed E-state index contributed by atoms with van der Waals surface area (Å²) in [7, 11) is 0. The fourth-order valence-electron chi connectivity index (χ4n) is 1.83. The fourth-order valence-corrected chi connectivity index (χ4v) is 1.83. The third kappa shape index (κ3) is 1.54. The zero-order valence-electron chi connectivity index (χ0n) is 8.95. The average Bonchev–Trinajstić information content (AvgIpc) is 2.57. The summed E-state index contributed by atoms with van der Waals surface area (Å²) >= 11 is 0. The summed E-state index contributed by atoms with van der Waals surface area (Å²) in [5.41, 5.74) is 8.32. The molecular formula is C12H15NO2. The van der Waals surface area contributed by atoms with E-state index in [9.17, 15) is 5.11 Å². The van der Waals surface area contributed by atoms with Gasteiger partial charge in [0.05, 0.1) is 0 Å². The highest BCUT2D eigenvalue weighted by atomic mass is 16.4. The van der Waals surface area contributed by atoms with Crippen LogP contribution in [0.15, 0.2) is 22.6 Å². The van der Waals surface area contributed by atoms with Gasteiger partial charge in [0, 0.05) is 17.5 Å². The maximum atomic E-state index is 9.68. The van der Waals surface area contributed by atoms with Crippen molar-refractivity contribution in [2.75, 3.05) is 6.54 Å². The topological polar surface area (TPSA) is 59.4 Å². The number of aliphatic hydroxyl groups is 1. The molecule has 0 fully saturated rings. The van der Waals surface area contributed by atoms with Crippen molar-refractivity contribution in [1.29, 1.82) is 0 Å². The molecule has 0 spiro atoms. The van der Waals surface area contributed by atoms with Gasteiger partial charge in [-0.1, -0.05) is 18.2 Å². The monoisotopic (exact) mass is 205 g/mol. The van der Waals surface area contributed by atoms with Crippen molar-refractivity contribution in [1.82, 2.24) is 0 Å². The quantitative estimate of drug-likeness (QED) is 0.788. The normalized spacial score (nSPS) is 13.3. The van der Waals surface area contributed by atoms with E-state index in [2.05, 4.69) is 0 Å². The summed E-state index contributed by atoms with van der Waals surface area (Å²) < 4.78 is 5.65. The first-order chi connectivity index (χ1) is 7.15. The molecule has 3 nitrogen and oxygen atoms in total. The first-order valence-electron chi connectivity index (χ1n) is 5.02. The van der Waals surface area contributed by atoms with Crippen LogP contribution >= 0.6 is 0 Å². The lowest BCUT2D eigenvalue weighted by atomic mass is 10.1. The molecule has 0 aliphatic rings. The van der Waals surface area contributed by atoms with Gasteiger partial charge >= 0.3 is 0 Å². The second-order valence-corrected chi connectivity index (χ2v) is 3.79. The fraction of sp³-hybridized carbons (Fsp3) is 0.333. The van der Waals surface area contributed by atoms with E-state index in [1.165, 1.54) is 0 Å². The molecule has 0 aliphatic heterocycles. The predicted molar refractivity (Wildman–Crippen MR) is 59.7 cm³/mol. The summed E-state index contributed by atoms with van der Waals surface area (Å²) in [6.45, 7) is 4.11. The maximum Gasteiger partial charge on any atom is 0.138 e. The molecule has 1 heterocycles. The van der Waals surface area contributed by atoms with Crippen LogP contribution in [0.4, 0.5) is 0 Å². The van der Waals surface area contributed by atoms with E-state index in [1.54, 1.807) is 0 Å². The van der Waals surface area contributed by atoms with Crippen LogP contribution in [0.1, 0.15) is 23.0 Å². The molecule has 0 unspecified atom stereocenters. The summed E-state index contributed by atoms with van der Waals surface area (Å²) in [6, 6.07) is 5.97. The third-order valence-corrected chi connectivity index (χ3v) is 2.72. The average molecular weight is 205 g/mol. The van der Waals surface area contributed by atoms with E-state index in [0.717, 1.165) is 22.1 Å². The minimum atomic E-state index is -0.711. The van der Waals surface area contributed by atoms with E-state index >= 15 is 0 Å². The van der Waals surface area contributed by atoms with Gasteiger partial charge in [0.25, 0.3) is 0 Å². The maximum absolute atomic E-state index is 9.68. The van der Waals surface area contributed by atoms with Crippen LogP contribution in [0.3, 0.4) is 0 Å². The number of nitrogens with two attached hydrogens (primary N) is 1. The van der Waals surface area contributed by atoms with Crippen LogP contribution in [0, 0.1) is 13.8 Å². The van der Waals surface area contributed by atoms with Crippen molar-refractivity contribution in [3.8, 4) is 0 Å². The Morgan fingerprint density at radius 1 is 1.40 bits per heavy atom. The first kappa shape index (κ1) is 10.2. The standard InChI is InChI=1S/C12H15NO2/c1-7-4-3-5-9-8(2)12(10(14)6-13)15-11(7)9/h3-5,10,14H,6,13H2,1-2H3/t10-/m1/s1. The molecule has 0 radical (unpaired) electrons. The molecule has 15 heavy (non-hydrogen) atoms. The number of para-hydroxylation sites is 1. The van der Waals surface area contributed by atoms with Crippen molar-refractivity contribution >= 4 is 11.0 Å². The minimum Gasteiger partial charge on any atom is -0.458 e. The Morgan fingerprint density at radius 2 is 2.13 bits per heavy atom. The van der Waals surface area contributed by atoms with Gasteiger partial charge < -0.3 is 15.3 Å². The number of aryl methyl sites for hydroxylation is 2. The molecule has 3 heteroatoms. The van der Waals surface area contributed by atoms with Crippen LogP contribution in [-0.4, -0.2) is 11.7 Å². The zero-order valence-corrected chi connectivity index (χ0v) is 8.95. The van der Waals surface area contributed by atoms with E-state index < -0.39 is 6.10 Å². The molecule has 0 saturated carbocycles. The minimum absolute atomic E-state index is 0.180. The van der Waals surface area contributed by atoms with Crippen molar-refractivity contribution in [2.24, 2.45) is 5.73 Å². The van der Waals surface area contributed by atoms with E-state index in [-0.39, 0.29) is 6.54 Å². The molecular weight excluding hydrogens is 190 g/mol.